The molecule has 6 nitrogen and oxygen atoms in total. The highest BCUT2D eigenvalue weighted by Crippen LogP contribution is 2.40. The van der Waals surface area contributed by atoms with Crippen LogP contribution in [0.15, 0.2) is 30.3 Å². The van der Waals surface area contributed by atoms with Gasteiger partial charge < -0.3 is 24.1 Å². The van der Waals surface area contributed by atoms with E-state index in [4.69, 9.17) is 18.9 Å². The molecule has 0 aliphatic carbocycles. The largest absolute Gasteiger partial charge is 0.504 e. The molecule has 0 spiro atoms. The maximum Gasteiger partial charge on any atom is 0.203 e. The van der Waals surface area contributed by atoms with Gasteiger partial charge in [-0.15, -0.1) is 0 Å². The molecule has 0 unspecified atom stereocenters. The highest BCUT2D eigenvalue weighted by molar-refractivity contribution is 6.11. The molecule has 2 aromatic rings. The van der Waals surface area contributed by atoms with Gasteiger partial charge >= 0.3 is 0 Å². The Labute approximate surface area is 134 Å². The molecular formula is C17H18O6. The van der Waals surface area contributed by atoms with Gasteiger partial charge in [-0.2, -0.15) is 0 Å². The lowest BCUT2D eigenvalue weighted by Gasteiger charge is -2.13. The van der Waals surface area contributed by atoms with Crippen molar-refractivity contribution in [3.05, 3.63) is 41.5 Å². The van der Waals surface area contributed by atoms with E-state index in [0.29, 0.717) is 22.8 Å². The number of rotatable bonds is 6. The zero-order valence-electron chi connectivity index (χ0n) is 13.4. The Kier molecular flexibility index (Phi) is 4.95. The highest BCUT2D eigenvalue weighted by atomic mass is 16.5. The summed E-state index contributed by atoms with van der Waals surface area (Å²) in [4.78, 5) is 12.6. The summed E-state index contributed by atoms with van der Waals surface area (Å²) in [6.07, 6.45) is 0. The van der Waals surface area contributed by atoms with Gasteiger partial charge in [-0.25, -0.2) is 0 Å². The van der Waals surface area contributed by atoms with Gasteiger partial charge in [0.25, 0.3) is 0 Å². The molecule has 0 saturated heterocycles. The molecule has 0 heterocycles. The first-order valence-corrected chi connectivity index (χ1v) is 6.78. The number of carbonyl (C=O) groups is 1. The number of hydrogen-bond acceptors (Lipinski definition) is 6. The van der Waals surface area contributed by atoms with E-state index < -0.39 is 0 Å². The summed E-state index contributed by atoms with van der Waals surface area (Å²) < 4.78 is 20.5. The van der Waals surface area contributed by atoms with Crippen LogP contribution in [0.25, 0.3) is 0 Å². The standard InChI is InChI=1S/C17H18O6/c1-20-12-7-5-10(9-14(12)22-3)15(18)11-6-8-13(21-2)17(23-4)16(11)19/h5-9,19H,1-4H3. The van der Waals surface area contributed by atoms with Gasteiger partial charge in [0.05, 0.1) is 34.0 Å². The first-order chi connectivity index (χ1) is 11.1. The van der Waals surface area contributed by atoms with Gasteiger partial charge in [0, 0.05) is 5.56 Å². The fraction of sp³-hybridized carbons (Fsp3) is 0.235. The molecule has 0 saturated carbocycles. The summed E-state index contributed by atoms with van der Waals surface area (Å²) in [5, 5.41) is 10.3. The Morgan fingerprint density at radius 3 is 2.00 bits per heavy atom. The molecule has 122 valence electrons. The molecule has 0 aliphatic rings. The van der Waals surface area contributed by atoms with E-state index in [1.54, 1.807) is 24.3 Å². The molecule has 1 N–H and O–H groups in total. The minimum absolute atomic E-state index is 0.106. The molecule has 0 aliphatic heterocycles. The maximum atomic E-state index is 12.6. The average molecular weight is 318 g/mol. The van der Waals surface area contributed by atoms with Crippen LogP contribution in [-0.4, -0.2) is 39.3 Å². The second-order valence-corrected chi connectivity index (χ2v) is 4.60. The van der Waals surface area contributed by atoms with Crippen molar-refractivity contribution >= 4 is 5.78 Å². The van der Waals surface area contributed by atoms with E-state index in [-0.39, 0.29) is 22.8 Å². The molecule has 6 heteroatoms. The van der Waals surface area contributed by atoms with E-state index in [0.717, 1.165) is 0 Å². The van der Waals surface area contributed by atoms with Crippen LogP contribution in [0.3, 0.4) is 0 Å². The zero-order valence-corrected chi connectivity index (χ0v) is 13.4. The number of ether oxygens (including phenoxy) is 4. The Bertz CT molecular complexity index is 723. The van der Waals surface area contributed by atoms with Crippen molar-refractivity contribution < 1.29 is 28.8 Å². The number of aromatic hydroxyl groups is 1. The lowest BCUT2D eigenvalue weighted by molar-refractivity contribution is 0.103. The Hall–Kier alpha value is -2.89. The normalized spacial score (nSPS) is 10.1. The third kappa shape index (κ3) is 3.01. The second-order valence-electron chi connectivity index (χ2n) is 4.60. The van der Waals surface area contributed by atoms with Crippen LogP contribution in [0.4, 0.5) is 0 Å². The van der Waals surface area contributed by atoms with E-state index in [1.165, 1.54) is 34.5 Å². The average Bonchev–Trinajstić information content (AvgIpc) is 2.59. The van der Waals surface area contributed by atoms with Crippen LogP contribution >= 0.6 is 0 Å². The van der Waals surface area contributed by atoms with Gasteiger partial charge in [-0.3, -0.25) is 4.79 Å². The molecule has 23 heavy (non-hydrogen) atoms. The predicted molar refractivity (Wildman–Crippen MR) is 84.2 cm³/mol. The van der Waals surface area contributed by atoms with Crippen LogP contribution in [0.2, 0.25) is 0 Å². The predicted octanol–water partition coefficient (Wildman–Crippen LogP) is 2.66. The number of phenols is 1. The number of benzene rings is 2. The first kappa shape index (κ1) is 16.5. The summed E-state index contributed by atoms with van der Waals surface area (Å²) in [5.41, 5.74) is 0.458. The Balaban J connectivity index is 2.49. The van der Waals surface area contributed by atoms with Crippen molar-refractivity contribution in [1.82, 2.24) is 0 Å². The number of methoxy groups -OCH3 is 4. The topological polar surface area (TPSA) is 74.2 Å². The maximum absolute atomic E-state index is 12.6. The van der Waals surface area contributed by atoms with Crippen molar-refractivity contribution in [2.45, 2.75) is 0 Å². The third-order valence-electron chi connectivity index (χ3n) is 3.41. The minimum Gasteiger partial charge on any atom is -0.504 e. The zero-order chi connectivity index (χ0) is 17.0. The second kappa shape index (κ2) is 6.91. The summed E-state index contributed by atoms with van der Waals surface area (Å²) in [6.45, 7) is 0. The smallest absolute Gasteiger partial charge is 0.203 e. The van der Waals surface area contributed by atoms with Crippen LogP contribution in [0.1, 0.15) is 15.9 Å². The molecule has 0 radical (unpaired) electrons. The number of ketones is 1. The molecule has 0 aromatic heterocycles. The van der Waals surface area contributed by atoms with Crippen molar-refractivity contribution in [3.8, 4) is 28.7 Å². The van der Waals surface area contributed by atoms with Crippen molar-refractivity contribution in [1.29, 1.82) is 0 Å². The number of hydrogen-bond donors (Lipinski definition) is 1. The minimum atomic E-state index is -0.371. The van der Waals surface area contributed by atoms with E-state index in [9.17, 15) is 9.90 Å². The fourth-order valence-corrected chi connectivity index (χ4v) is 2.23. The number of phenolic OH excluding ortho intramolecular Hbond substituents is 1. The summed E-state index contributed by atoms with van der Waals surface area (Å²) in [5.74, 6) is 0.752. The Morgan fingerprint density at radius 1 is 0.826 bits per heavy atom. The van der Waals surface area contributed by atoms with Crippen molar-refractivity contribution in [2.24, 2.45) is 0 Å². The lowest BCUT2D eigenvalue weighted by atomic mass is 10.0. The van der Waals surface area contributed by atoms with E-state index in [1.807, 2.05) is 0 Å². The summed E-state index contributed by atoms with van der Waals surface area (Å²) in [7, 11) is 5.84. The third-order valence-corrected chi connectivity index (χ3v) is 3.41. The van der Waals surface area contributed by atoms with Gasteiger partial charge in [-0.05, 0) is 30.3 Å². The highest BCUT2D eigenvalue weighted by Gasteiger charge is 2.21. The van der Waals surface area contributed by atoms with Crippen LogP contribution < -0.4 is 18.9 Å². The monoisotopic (exact) mass is 318 g/mol. The lowest BCUT2D eigenvalue weighted by Crippen LogP contribution is -2.04. The molecule has 0 fully saturated rings. The van der Waals surface area contributed by atoms with Crippen LogP contribution in [0, 0.1) is 0 Å². The SMILES string of the molecule is COc1ccc(C(=O)c2ccc(OC)c(OC)c2O)cc1OC. The van der Waals surface area contributed by atoms with Crippen molar-refractivity contribution in [2.75, 3.05) is 28.4 Å². The van der Waals surface area contributed by atoms with Gasteiger partial charge in [0.2, 0.25) is 5.75 Å². The van der Waals surface area contributed by atoms with E-state index in [2.05, 4.69) is 0 Å². The fourth-order valence-electron chi connectivity index (χ4n) is 2.23. The molecule has 0 amide bonds. The molecular weight excluding hydrogens is 300 g/mol. The first-order valence-electron chi connectivity index (χ1n) is 6.78. The quantitative estimate of drug-likeness (QED) is 0.825. The summed E-state index contributed by atoms with van der Waals surface area (Å²) in [6, 6.07) is 7.82. The number of carbonyl (C=O) groups excluding carboxylic acids is 1. The van der Waals surface area contributed by atoms with Gasteiger partial charge in [0.15, 0.2) is 28.8 Å². The Morgan fingerprint density at radius 2 is 1.43 bits per heavy atom. The van der Waals surface area contributed by atoms with E-state index >= 15 is 0 Å². The molecule has 2 rings (SSSR count). The van der Waals surface area contributed by atoms with Crippen LogP contribution in [-0.2, 0) is 0 Å². The molecule has 0 atom stereocenters. The van der Waals surface area contributed by atoms with Gasteiger partial charge in [0.1, 0.15) is 0 Å². The molecule has 0 bridgehead atoms. The van der Waals surface area contributed by atoms with Gasteiger partial charge in [-0.1, -0.05) is 0 Å². The van der Waals surface area contributed by atoms with Crippen LogP contribution in [0.5, 0.6) is 28.7 Å². The van der Waals surface area contributed by atoms with Crippen molar-refractivity contribution in [3.63, 3.8) is 0 Å². The summed E-state index contributed by atoms with van der Waals surface area (Å²) >= 11 is 0. The molecule has 2 aromatic carbocycles.